The molecule has 0 unspecified atom stereocenters. The molecule has 0 aliphatic rings. The van der Waals surface area contributed by atoms with Gasteiger partial charge in [-0.3, -0.25) is 10.1 Å². The fraction of sp³-hybridized carbons (Fsp3) is 0.167. The van der Waals surface area contributed by atoms with Crippen molar-refractivity contribution in [2.24, 2.45) is 0 Å². The Labute approximate surface area is 134 Å². The molecule has 110 valence electrons. The lowest BCUT2D eigenvalue weighted by Crippen LogP contribution is -2.33. The van der Waals surface area contributed by atoms with Crippen molar-refractivity contribution in [1.29, 1.82) is 0 Å². The summed E-state index contributed by atoms with van der Waals surface area (Å²) in [6.07, 6.45) is 0. The number of nitrogens with one attached hydrogen (secondary N) is 2. The zero-order valence-electron chi connectivity index (χ0n) is 11.1. The molecule has 0 spiro atoms. The first-order valence-electron chi connectivity index (χ1n) is 5.73. The van der Waals surface area contributed by atoms with Gasteiger partial charge in [0.25, 0.3) is 5.91 Å². The zero-order chi connectivity index (χ0) is 15.4. The molecule has 0 aliphatic carbocycles. The van der Waals surface area contributed by atoms with Gasteiger partial charge < -0.3 is 10.1 Å². The van der Waals surface area contributed by atoms with E-state index >= 15 is 0 Å². The first kappa shape index (κ1) is 15.5. The summed E-state index contributed by atoms with van der Waals surface area (Å²) in [5.41, 5.74) is 0.543. The summed E-state index contributed by atoms with van der Waals surface area (Å²) in [6, 6.07) is 3.48. The van der Waals surface area contributed by atoms with Crippen LogP contribution in [0.15, 0.2) is 17.5 Å². The number of hydrogen-bond acceptors (Lipinski definition) is 7. The molecule has 2 heterocycles. The number of carbonyl (C=O) groups is 2. The second kappa shape index (κ2) is 6.74. The highest BCUT2D eigenvalue weighted by atomic mass is 32.1. The Kier molecular flexibility index (Phi) is 4.99. The zero-order valence-corrected chi connectivity index (χ0v) is 13.6. The average Bonchev–Trinajstić information content (AvgIpc) is 3.07. The van der Waals surface area contributed by atoms with Crippen LogP contribution in [0.3, 0.4) is 0 Å². The minimum Gasteiger partial charge on any atom is -0.465 e. The second-order valence-electron chi connectivity index (χ2n) is 3.81. The van der Waals surface area contributed by atoms with Gasteiger partial charge in [0.15, 0.2) is 10.2 Å². The van der Waals surface area contributed by atoms with Crippen LogP contribution in [0, 0.1) is 6.92 Å². The van der Waals surface area contributed by atoms with E-state index in [-0.39, 0.29) is 11.0 Å². The van der Waals surface area contributed by atoms with Gasteiger partial charge in [0.1, 0.15) is 4.88 Å². The highest BCUT2D eigenvalue weighted by Crippen LogP contribution is 2.23. The van der Waals surface area contributed by atoms with E-state index in [2.05, 4.69) is 20.4 Å². The van der Waals surface area contributed by atoms with E-state index in [1.54, 1.807) is 24.4 Å². The Morgan fingerprint density at radius 3 is 2.81 bits per heavy atom. The normalized spacial score (nSPS) is 10.0. The van der Waals surface area contributed by atoms with E-state index in [9.17, 15) is 9.59 Å². The van der Waals surface area contributed by atoms with Crippen LogP contribution in [-0.4, -0.2) is 29.1 Å². The summed E-state index contributed by atoms with van der Waals surface area (Å²) in [5.74, 6) is -0.740. The molecule has 0 fully saturated rings. The Hall–Kier alpha value is -1.84. The Morgan fingerprint density at radius 2 is 2.19 bits per heavy atom. The van der Waals surface area contributed by atoms with Gasteiger partial charge >= 0.3 is 5.97 Å². The molecule has 0 radical (unpaired) electrons. The Morgan fingerprint density at radius 1 is 1.43 bits per heavy atom. The molecular weight excluding hydrogens is 330 g/mol. The molecule has 2 aromatic heterocycles. The number of aryl methyl sites for hydroxylation is 1. The summed E-state index contributed by atoms with van der Waals surface area (Å²) < 4.78 is 4.65. The van der Waals surface area contributed by atoms with E-state index in [1.807, 2.05) is 0 Å². The van der Waals surface area contributed by atoms with Crippen LogP contribution < -0.4 is 10.6 Å². The number of esters is 1. The lowest BCUT2D eigenvalue weighted by atomic mass is 10.4. The van der Waals surface area contributed by atoms with Crippen molar-refractivity contribution in [3.8, 4) is 0 Å². The third-order valence-corrected chi connectivity index (χ3v) is 4.49. The van der Waals surface area contributed by atoms with Crippen LogP contribution in [-0.2, 0) is 4.74 Å². The molecule has 0 saturated carbocycles. The molecule has 2 rings (SSSR count). The lowest BCUT2D eigenvalue weighted by molar-refractivity contribution is 0.0605. The maximum atomic E-state index is 11.8. The molecule has 21 heavy (non-hydrogen) atoms. The van der Waals surface area contributed by atoms with Crippen molar-refractivity contribution in [3.05, 3.63) is 33.0 Å². The fourth-order valence-electron chi connectivity index (χ4n) is 1.43. The predicted molar refractivity (Wildman–Crippen MR) is 86.2 cm³/mol. The summed E-state index contributed by atoms with van der Waals surface area (Å²) in [5, 5.41) is 7.67. The van der Waals surface area contributed by atoms with Gasteiger partial charge in [-0.25, -0.2) is 9.78 Å². The third-order valence-electron chi connectivity index (χ3n) is 2.36. The standard InChI is InChI=1S/C12H11N3O3S3/c1-6-8(10(17)18-2)21-12(13-6)15-11(19)14-9(16)7-4-3-5-20-7/h3-5H,1-2H3,(H2,13,14,15,16,19). The smallest absolute Gasteiger partial charge is 0.350 e. The molecule has 0 bridgehead atoms. The quantitative estimate of drug-likeness (QED) is 0.659. The number of thiocarbonyl (C=S) groups is 1. The highest BCUT2D eigenvalue weighted by Gasteiger charge is 2.17. The van der Waals surface area contributed by atoms with Crippen molar-refractivity contribution in [2.75, 3.05) is 12.4 Å². The second-order valence-corrected chi connectivity index (χ2v) is 6.17. The minimum atomic E-state index is -0.452. The van der Waals surface area contributed by atoms with E-state index in [1.165, 1.54) is 18.4 Å². The van der Waals surface area contributed by atoms with Crippen molar-refractivity contribution in [3.63, 3.8) is 0 Å². The van der Waals surface area contributed by atoms with Crippen LogP contribution >= 0.6 is 34.9 Å². The van der Waals surface area contributed by atoms with Crippen molar-refractivity contribution in [1.82, 2.24) is 10.3 Å². The molecule has 0 atom stereocenters. The van der Waals surface area contributed by atoms with E-state index in [0.717, 1.165) is 11.3 Å². The minimum absolute atomic E-state index is 0.124. The average molecular weight is 341 g/mol. The van der Waals surface area contributed by atoms with Crippen LogP contribution in [0.4, 0.5) is 5.13 Å². The molecule has 0 aromatic carbocycles. The molecule has 2 N–H and O–H groups in total. The SMILES string of the molecule is COC(=O)c1sc(NC(=S)NC(=O)c2cccs2)nc1C. The number of ether oxygens (including phenoxy) is 1. The largest absolute Gasteiger partial charge is 0.465 e. The number of methoxy groups -OCH3 is 1. The topological polar surface area (TPSA) is 80.3 Å². The van der Waals surface area contributed by atoms with Crippen LogP contribution in [0.5, 0.6) is 0 Å². The van der Waals surface area contributed by atoms with Gasteiger partial charge in [-0.1, -0.05) is 17.4 Å². The van der Waals surface area contributed by atoms with Gasteiger partial charge in [0.05, 0.1) is 17.7 Å². The van der Waals surface area contributed by atoms with Crippen LogP contribution in [0.1, 0.15) is 25.0 Å². The van der Waals surface area contributed by atoms with Gasteiger partial charge in [-0.15, -0.1) is 11.3 Å². The van der Waals surface area contributed by atoms with Crippen LogP contribution in [0.25, 0.3) is 0 Å². The summed E-state index contributed by atoms with van der Waals surface area (Å²) >= 11 is 7.48. The molecular formula is C12H11N3O3S3. The first-order chi connectivity index (χ1) is 10.0. The predicted octanol–water partition coefficient (Wildman–Crippen LogP) is 2.43. The number of aromatic nitrogens is 1. The van der Waals surface area contributed by atoms with Crippen molar-refractivity contribution >= 4 is 57.0 Å². The summed E-state index contributed by atoms with van der Waals surface area (Å²) in [4.78, 5) is 28.4. The molecule has 0 saturated heterocycles. The lowest BCUT2D eigenvalue weighted by Gasteiger charge is -2.05. The number of thiazole rings is 1. The summed E-state index contributed by atoms with van der Waals surface area (Å²) in [6.45, 7) is 1.70. The third kappa shape index (κ3) is 3.84. The molecule has 0 aliphatic heterocycles. The van der Waals surface area contributed by atoms with E-state index in [4.69, 9.17) is 12.2 Å². The van der Waals surface area contributed by atoms with Crippen LogP contribution in [0.2, 0.25) is 0 Å². The van der Waals surface area contributed by atoms with E-state index in [0.29, 0.717) is 20.6 Å². The number of nitrogens with zero attached hydrogens (tertiary/aromatic N) is 1. The van der Waals surface area contributed by atoms with Gasteiger partial charge in [0, 0.05) is 0 Å². The number of amides is 1. The maximum Gasteiger partial charge on any atom is 0.350 e. The number of anilines is 1. The molecule has 2 aromatic rings. The van der Waals surface area contributed by atoms with Crippen molar-refractivity contribution in [2.45, 2.75) is 6.92 Å². The Bertz CT molecular complexity index is 679. The number of hydrogen-bond donors (Lipinski definition) is 2. The molecule has 1 amide bonds. The molecule has 9 heteroatoms. The van der Waals surface area contributed by atoms with Crippen molar-refractivity contribution < 1.29 is 14.3 Å². The van der Waals surface area contributed by atoms with Gasteiger partial charge in [-0.05, 0) is 30.6 Å². The monoisotopic (exact) mass is 341 g/mol. The number of rotatable bonds is 3. The number of carbonyl (C=O) groups excluding carboxylic acids is 2. The fourth-order valence-corrected chi connectivity index (χ4v) is 3.19. The highest BCUT2D eigenvalue weighted by molar-refractivity contribution is 7.80. The molecule has 6 nitrogen and oxygen atoms in total. The van der Waals surface area contributed by atoms with Gasteiger partial charge in [-0.2, -0.15) is 0 Å². The Balaban J connectivity index is 2.00. The maximum absolute atomic E-state index is 11.8. The first-order valence-corrected chi connectivity index (χ1v) is 7.83. The summed E-state index contributed by atoms with van der Waals surface area (Å²) in [7, 11) is 1.31. The van der Waals surface area contributed by atoms with E-state index < -0.39 is 5.97 Å². The number of thiophene rings is 1. The van der Waals surface area contributed by atoms with Gasteiger partial charge in [0.2, 0.25) is 0 Å².